The Morgan fingerprint density at radius 2 is 2.12 bits per heavy atom. The van der Waals surface area contributed by atoms with Crippen molar-refractivity contribution in [2.24, 2.45) is 5.41 Å². The summed E-state index contributed by atoms with van der Waals surface area (Å²) in [6, 6.07) is 10.3. The zero-order valence-electron chi connectivity index (χ0n) is 9.23. The van der Waals surface area contributed by atoms with Crippen molar-refractivity contribution in [1.29, 1.82) is 0 Å². The Morgan fingerprint density at radius 1 is 1.38 bits per heavy atom. The van der Waals surface area contributed by atoms with Crippen molar-refractivity contribution in [2.45, 2.75) is 13.0 Å². The number of aldehydes is 1. The third-order valence-electron chi connectivity index (χ3n) is 3.23. The molecule has 1 aromatic carbocycles. The van der Waals surface area contributed by atoms with Gasteiger partial charge >= 0.3 is 0 Å². The van der Waals surface area contributed by atoms with Crippen molar-refractivity contribution < 1.29 is 4.79 Å². The Labute approximate surface area is 101 Å². The first-order valence-corrected chi connectivity index (χ1v) is 6.10. The molecule has 3 heteroatoms. The molecule has 1 saturated heterocycles. The second-order valence-electron chi connectivity index (χ2n) is 4.56. The topological polar surface area (TPSA) is 20.3 Å². The molecule has 1 aromatic rings. The number of rotatable bonds is 4. The second kappa shape index (κ2) is 4.98. The molecule has 0 aromatic heterocycles. The molecule has 86 valence electrons. The molecular formula is C13H16ClNO. The highest BCUT2D eigenvalue weighted by atomic mass is 35.5. The molecule has 1 heterocycles. The summed E-state index contributed by atoms with van der Waals surface area (Å²) < 4.78 is 0. The van der Waals surface area contributed by atoms with E-state index in [1.54, 1.807) is 0 Å². The van der Waals surface area contributed by atoms with Crippen LogP contribution in [0.5, 0.6) is 0 Å². The lowest BCUT2D eigenvalue weighted by Crippen LogP contribution is -2.29. The van der Waals surface area contributed by atoms with Crippen molar-refractivity contribution in [3.05, 3.63) is 35.9 Å². The number of alkyl halides is 1. The van der Waals surface area contributed by atoms with Crippen LogP contribution in [0.1, 0.15) is 12.0 Å². The lowest BCUT2D eigenvalue weighted by Gasteiger charge is -2.20. The number of carbonyl (C=O) groups excluding carboxylic acids is 1. The van der Waals surface area contributed by atoms with Gasteiger partial charge < -0.3 is 4.79 Å². The first-order chi connectivity index (χ1) is 7.78. The van der Waals surface area contributed by atoms with Gasteiger partial charge in [-0.3, -0.25) is 4.90 Å². The van der Waals surface area contributed by atoms with Crippen LogP contribution in [-0.4, -0.2) is 30.2 Å². The lowest BCUT2D eigenvalue weighted by molar-refractivity contribution is -0.114. The fraction of sp³-hybridized carbons (Fsp3) is 0.462. The Bertz CT molecular complexity index is 354. The van der Waals surface area contributed by atoms with Crippen LogP contribution in [0.25, 0.3) is 0 Å². The summed E-state index contributed by atoms with van der Waals surface area (Å²) >= 11 is 5.88. The molecule has 0 aliphatic carbocycles. The van der Waals surface area contributed by atoms with Crippen LogP contribution in [0.4, 0.5) is 0 Å². The summed E-state index contributed by atoms with van der Waals surface area (Å²) in [6.07, 6.45) is 1.91. The lowest BCUT2D eigenvalue weighted by atomic mass is 9.92. The summed E-state index contributed by atoms with van der Waals surface area (Å²) in [5.41, 5.74) is 0.981. The second-order valence-corrected chi connectivity index (χ2v) is 4.83. The predicted octanol–water partition coefficient (Wildman–Crippen LogP) is 2.32. The molecule has 0 spiro atoms. The van der Waals surface area contributed by atoms with Crippen LogP contribution in [0.15, 0.2) is 30.3 Å². The smallest absolute Gasteiger partial charge is 0.128 e. The van der Waals surface area contributed by atoms with E-state index in [1.807, 2.05) is 18.2 Å². The predicted molar refractivity (Wildman–Crippen MR) is 65.6 cm³/mol. The third kappa shape index (κ3) is 2.45. The van der Waals surface area contributed by atoms with Gasteiger partial charge in [0.25, 0.3) is 0 Å². The van der Waals surface area contributed by atoms with Gasteiger partial charge in [-0.15, -0.1) is 11.6 Å². The molecule has 0 radical (unpaired) electrons. The molecule has 0 amide bonds. The molecule has 1 atom stereocenters. The van der Waals surface area contributed by atoms with E-state index in [0.29, 0.717) is 5.88 Å². The van der Waals surface area contributed by atoms with Crippen LogP contribution in [-0.2, 0) is 11.3 Å². The number of carbonyl (C=O) groups is 1. The Balaban J connectivity index is 1.97. The van der Waals surface area contributed by atoms with Crippen LogP contribution < -0.4 is 0 Å². The van der Waals surface area contributed by atoms with E-state index in [9.17, 15) is 4.79 Å². The Morgan fingerprint density at radius 3 is 2.69 bits per heavy atom. The fourth-order valence-electron chi connectivity index (χ4n) is 2.20. The highest BCUT2D eigenvalue weighted by molar-refractivity contribution is 6.19. The summed E-state index contributed by atoms with van der Waals surface area (Å²) in [7, 11) is 0. The van der Waals surface area contributed by atoms with E-state index in [4.69, 9.17) is 11.6 Å². The average Bonchev–Trinajstić information content (AvgIpc) is 2.75. The van der Waals surface area contributed by atoms with Crippen molar-refractivity contribution in [3.63, 3.8) is 0 Å². The zero-order chi connectivity index (χ0) is 11.4. The summed E-state index contributed by atoms with van der Waals surface area (Å²) in [4.78, 5) is 13.3. The molecule has 2 nitrogen and oxygen atoms in total. The highest BCUT2D eigenvalue weighted by Crippen LogP contribution is 2.30. The molecular weight excluding hydrogens is 222 g/mol. The van der Waals surface area contributed by atoms with Gasteiger partial charge in [-0.2, -0.15) is 0 Å². The maximum Gasteiger partial charge on any atom is 0.128 e. The largest absolute Gasteiger partial charge is 0.303 e. The van der Waals surface area contributed by atoms with E-state index in [2.05, 4.69) is 17.0 Å². The minimum absolute atomic E-state index is 0.309. The van der Waals surface area contributed by atoms with Gasteiger partial charge in [-0.1, -0.05) is 30.3 Å². The van der Waals surface area contributed by atoms with Gasteiger partial charge in [-0.25, -0.2) is 0 Å². The quantitative estimate of drug-likeness (QED) is 0.592. The van der Waals surface area contributed by atoms with Crippen molar-refractivity contribution in [3.8, 4) is 0 Å². The third-order valence-corrected chi connectivity index (χ3v) is 3.76. The van der Waals surface area contributed by atoms with Gasteiger partial charge in [0.05, 0.1) is 5.41 Å². The molecule has 2 rings (SSSR count). The minimum Gasteiger partial charge on any atom is -0.303 e. The minimum atomic E-state index is -0.309. The van der Waals surface area contributed by atoms with Gasteiger partial charge in [0.2, 0.25) is 0 Å². The van der Waals surface area contributed by atoms with E-state index in [0.717, 1.165) is 32.3 Å². The first kappa shape index (κ1) is 11.6. The Hall–Kier alpha value is -0.860. The van der Waals surface area contributed by atoms with Crippen LogP contribution in [0.3, 0.4) is 0 Å². The number of hydrogen-bond donors (Lipinski definition) is 0. The SMILES string of the molecule is O=CC1(CCl)CCN(Cc2ccccc2)C1. The van der Waals surface area contributed by atoms with Gasteiger partial charge in [0, 0.05) is 19.0 Å². The van der Waals surface area contributed by atoms with E-state index in [1.165, 1.54) is 5.56 Å². The molecule has 0 saturated carbocycles. The maximum absolute atomic E-state index is 11.0. The molecule has 0 bridgehead atoms. The zero-order valence-corrected chi connectivity index (χ0v) is 9.99. The number of likely N-dealkylation sites (tertiary alicyclic amines) is 1. The highest BCUT2D eigenvalue weighted by Gasteiger charge is 2.37. The van der Waals surface area contributed by atoms with Gasteiger partial charge in [-0.05, 0) is 18.5 Å². The molecule has 0 N–H and O–H groups in total. The van der Waals surface area contributed by atoms with Crippen molar-refractivity contribution in [2.75, 3.05) is 19.0 Å². The first-order valence-electron chi connectivity index (χ1n) is 5.57. The summed E-state index contributed by atoms with van der Waals surface area (Å²) in [6.45, 7) is 2.66. The number of hydrogen-bond acceptors (Lipinski definition) is 2. The molecule has 1 aliphatic heterocycles. The van der Waals surface area contributed by atoms with Crippen LogP contribution in [0, 0.1) is 5.41 Å². The van der Waals surface area contributed by atoms with Gasteiger partial charge in [0.1, 0.15) is 6.29 Å². The Kier molecular flexibility index (Phi) is 3.62. The molecule has 1 fully saturated rings. The molecule has 16 heavy (non-hydrogen) atoms. The van der Waals surface area contributed by atoms with E-state index < -0.39 is 0 Å². The van der Waals surface area contributed by atoms with Crippen molar-refractivity contribution in [1.82, 2.24) is 4.90 Å². The maximum atomic E-state index is 11.0. The summed E-state index contributed by atoms with van der Waals surface area (Å²) in [5.74, 6) is 0.432. The number of benzene rings is 1. The molecule has 1 unspecified atom stereocenters. The average molecular weight is 238 g/mol. The molecule has 1 aliphatic rings. The fourth-order valence-corrected chi connectivity index (χ4v) is 2.48. The van der Waals surface area contributed by atoms with Crippen LogP contribution >= 0.6 is 11.6 Å². The van der Waals surface area contributed by atoms with E-state index in [-0.39, 0.29) is 5.41 Å². The number of halogens is 1. The normalized spacial score (nSPS) is 25.8. The summed E-state index contributed by atoms with van der Waals surface area (Å²) in [5, 5.41) is 0. The number of nitrogens with zero attached hydrogens (tertiary/aromatic N) is 1. The van der Waals surface area contributed by atoms with Crippen molar-refractivity contribution >= 4 is 17.9 Å². The van der Waals surface area contributed by atoms with E-state index >= 15 is 0 Å². The van der Waals surface area contributed by atoms with Crippen LogP contribution in [0.2, 0.25) is 0 Å². The van der Waals surface area contributed by atoms with Gasteiger partial charge in [0.15, 0.2) is 0 Å². The monoisotopic (exact) mass is 237 g/mol. The standard InChI is InChI=1S/C13H16ClNO/c14-9-13(11-16)6-7-15(10-13)8-12-4-2-1-3-5-12/h1-5,11H,6-10H2.